The van der Waals surface area contributed by atoms with Crippen molar-refractivity contribution in [3.8, 4) is 16.9 Å². The summed E-state index contributed by atoms with van der Waals surface area (Å²) in [5, 5.41) is 31.8. The molecular weight excluding hydrogens is 606 g/mol. The quantitative estimate of drug-likeness (QED) is 0.185. The van der Waals surface area contributed by atoms with Crippen molar-refractivity contribution in [1.82, 2.24) is 9.62 Å². The van der Waals surface area contributed by atoms with Gasteiger partial charge in [0.1, 0.15) is 10.7 Å². The van der Waals surface area contributed by atoms with Crippen molar-refractivity contribution >= 4 is 39.1 Å². The van der Waals surface area contributed by atoms with Crippen molar-refractivity contribution < 1.29 is 32.9 Å². The van der Waals surface area contributed by atoms with Gasteiger partial charge in [0.15, 0.2) is 5.75 Å². The first-order valence-corrected chi connectivity index (χ1v) is 14.9. The normalized spacial score (nSPS) is 12.3. The average molecular weight is 634 g/mol. The number of halogens is 3. The van der Waals surface area contributed by atoms with Crippen LogP contribution in [0.1, 0.15) is 21.5 Å². The van der Waals surface area contributed by atoms with Gasteiger partial charge in [-0.1, -0.05) is 65.7 Å². The maximum absolute atomic E-state index is 14.1. The zero-order valence-electron chi connectivity index (χ0n) is 22.0. The van der Waals surface area contributed by atoms with Crippen LogP contribution in [0, 0.1) is 5.82 Å². The Kier molecular flexibility index (Phi) is 10.2. The average Bonchev–Trinajstić information content (AvgIpc) is 2.98. The topological polar surface area (TPSA) is 127 Å². The summed E-state index contributed by atoms with van der Waals surface area (Å²) in [4.78, 5) is 12.1. The summed E-state index contributed by atoms with van der Waals surface area (Å²) in [5.74, 6) is -2.01. The lowest BCUT2D eigenvalue weighted by Gasteiger charge is -2.24. The Morgan fingerprint density at radius 2 is 1.57 bits per heavy atom. The van der Waals surface area contributed by atoms with Crippen LogP contribution in [0.3, 0.4) is 0 Å². The van der Waals surface area contributed by atoms with E-state index in [-0.39, 0.29) is 30.2 Å². The van der Waals surface area contributed by atoms with E-state index in [1.54, 1.807) is 24.3 Å². The summed E-state index contributed by atoms with van der Waals surface area (Å²) < 4.78 is 42.8. The van der Waals surface area contributed by atoms with Crippen LogP contribution in [0.2, 0.25) is 10.0 Å². The number of sulfonamides is 1. The molecule has 12 heteroatoms. The highest BCUT2D eigenvalue weighted by molar-refractivity contribution is 7.89. The van der Waals surface area contributed by atoms with Crippen LogP contribution < -0.4 is 5.32 Å². The van der Waals surface area contributed by atoms with E-state index in [2.05, 4.69) is 5.32 Å². The van der Waals surface area contributed by atoms with Gasteiger partial charge in [-0.3, -0.25) is 4.79 Å². The van der Waals surface area contributed by atoms with E-state index in [1.165, 1.54) is 24.3 Å². The molecule has 4 aromatic carbocycles. The van der Waals surface area contributed by atoms with E-state index in [0.717, 1.165) is 27.6 Å². The first kappa shape index (κ1) is 31.4. The van der Waals surface area contributed by atoms with Gasteiger partial charge in [0.05, 0.1) is 17.7 Å². The van der Waals surface area contributed by atoms with Crippen LogP contribution in [0.15, 0.2) is 89.8 Å². The highest BCUT2D eigenvalue weighted by Crippen LogP contribution is 2.35. The van der Waals surface area contributed by atoms with E-state index in [9.17, 15) is 27.8 Å². The van der Waals surface area contributed by atoms with Crippen molar-refractivity contribution in [2.45, 2.75) is 24.1 Å². The fourth-order valence-electron chi connectivity index (χ4n) is 4.13. The highest BCUT2D eigenvalue weighted by atomic mass is 35.5. The van der Waals surface area contributed by atoms with Crippen LogP contribution >= 0.6 is 23.2 Å². The minimum Gasteiger partial charge on any atom is -0.505 e. The van der Waals surface area contributed by atoms with Crippen molar-refractivity contribution in [3.05, 3.63) is 117 Å². The predicted molar refractivity (Wildman–Crippen MR) is 158 cm³/mol. The molecule has 0 aromatic heterocycles. The monoisotopic (exact) mass is 632 g/mol. The van der Waals surface area contributed by atoms with Crippen LogP contribution in [0.25, 0.3) is 11.1 Å². The number of phenolic OH excluding ortho intramolecular Hbond substituents is 1. The number of nitrogens with zero attached hydrogens (tertiary/aromatic N) is 1. The zero-order chi connectivity index (χ0) is 30.4. The molecule has 0 saturated carbocycles. The summed E-state index contributed by atoms with van der Waals surface area (Å²) in [7, 11) is -4.52. The molecule has 0 aliphatic carbocycles. The summed E-state index contributed by atoms with van der Waals surface area (Å²) in [6.45, 7) is -1.22. The van der Waals surface area contributed by atoms with Gasteiger partial charge in [0.2, 0.25) is 10.0 Å². The molecule has 0 aliphatic heterocycles. The Balaban J connectivity index is 1.73. The molecule has 42 heavy (non-hydrogen) atoms. The molecule has 0 bridgehead atoms. The van der Waals surface area contributed by atoms with Gasteiger partial charge in [-0.2, -0.15) is 4.31 Å². The standard InChI is InChI=1S/C30H27Cl2FN2O6S/c31-24-8-6-21(7-9-24)22-3-1-2-20(12-22)17-35(16-19-4-10-25(33)11-5-19)42(40,41)28-14-23(13-27(32)29(28)38)30(39)34-15-26(37)18-36/h1-14,26,36-38H,15-18H2,(H,34,39)/t26-/m1/s1. The largest absolute Gasteiger partial charge is 0.505 e. The smallest absolute Gasteiger partial charge is 0.251 e. The Morgan fingerprint density at radius 1 is 0.905 bits per heavy atom. The SMILES string of the molecule is O=C(NC[C@@H](O)CO)c1cc(Cl)c(O)c(S(=O)(=O)N(Cc2ccc(F)cc2)Cc2cccc(-c3ccc(Cl)cc3)c2)c1. The number of carbonyl (C=O) groups is 1. The van der Waals surface area contributed by atoms with Gasteiger partial charge in [-0.25, -0.2) is 12.8 Å². The minimum absolute atomic E-state index is 0.142. The molecule has 0 heterocycles. The second kappa shape index (κ2) is 13.6. The number of carbonyl (C=O) groups excluding carboxylic acids is 1. The van der Waals surface area contributed by atoms with Gasteiger partial charge in [0, 0.05) is 30.2 Å². The van der Waals surface area contributed by atoms with E-state index >= 15 is 0 Å². The van der Waals surface area contributed by atoms with Crippen molar-refractivity contribution in [3.63, 3.8) is 0 Å². The molecule has 8 nitrogen and oxygen atoms in total. The number of rotatable bonds is 11. The van der Waals surface area contributed by atoms with Gasteiger partial charge in [0.25, 0.3) is 5.91 Å². The van der Waals surface area contributed by atoms with Gasteiger partial charge < -0.3 is 20.6 Å². The lowest BCUT2D eigenvalue weighted by atomic mass is 10.0. The summed E-state index contributed by atoms with van der Waals surface area (Å²) in [5.41, 5.74) is 2.59. The number of phenols is 1. The first-order chi connectivity index (χ1) is 20.0. The third kappa shape index (κ3) is 7.65. The maximum Gasteiger partial charge on any atom is 0.251 e. The van der Waals surface area contributed by atoms with Gasteiger partial charge in [-0.15, -0.1) is 0 Å². The minimum atomic E-state index is -4.52. The number of nitrogens with one attached hydrogen (secondary N) is 1. The summed E-state index contributed by atoms with van der Waals surface area (Å²) >= 11 is 12.2. The first-order valence-electron chi connectivity index (χ1n) is 12.7. The number of amides is 1. The number of aliphatic hydroxyl groups excluding tert-OH is 2. The van der Waals surface area contributed by atoms with Gasteiger partial charge in [-0.05, 0) is 64.7 Å². The molecule has 0 unspecified atom stereocenters. The number of hydrogen-bond donors (Lipinski definition) is 4. The van der Waals surface area contributed by atoms with Crippen LogP contribution in [0.5, 0.6) is 5.75 Å². The number of aliphatic hydroxyl groups is 2. The van der Waals surface area contributed by atoms with E-state index in [1.807, 2.05) is 24.3 Å². The molecule has 4 aromatic rings. The second-order valence-corrected chi connectivity index (χ2v) is 12.2. The third-order valence-corrected chi connectivity index (χ3v) is 8.70. The molecule has 0 fully saturated rings. The fourth-order valence-corrected chi connectivity index (χ4v) is 6.08. The Labute approximate surface area is 252 Å². The van der Waals surface area contributed by atoms with E-state index in [4.69, 9.17) is 28.3 Å². The van der Waals surface area contributed by atoms with Crippen LogP contribution in [0.4, 0.5) is 4.39 Å². The zero-order valence-corrected chi connectivity index (χ0v) is 24.4. The molecule has 0 spiro atoms. The Bertz CT molecular complexity index is 1670. The summed E-state index contributed by atoms with van der Waals surface area (Å²) in [6.07, 6.45) is -1.22. The van der Waals surface area contributed by atoms with Crippen molar-refractivity contribution in [2.24, 2.45) is 0 Å². The van der Waals surface area contributed by atoms with E-state index in [0.29, 0.717) is 16.1 Å². The number of aromatic hydroxyl groups is 1. The molecule has 220 valence electrons. The lowest BCUT2D eigenvalue weighted by Crippen LogP contribution is -2.34. The Morgan fingerprint density at radius 3 is 2.24 bits per heavy atom. The molecule has 0 radical (unpaired) electrons. The van der Waals surface area contributed by atoms with E-state index < -0.39 is 45.1 Å². The molecule has 1 amide bonds. The lowest BCUT2D eigenvalue weighted by molar-refractivity contribution is 0.0802. The highest BCUT2D eigenvalue weighted by Gasteiger charge is 2.30. The maximum atomic E-state index is 14.1. The van der Waals surface area contributed by atoms with Crippen molar-refractivity contribution in [2.75, 3.05) is 13.2 Å². The Hall–Kier alpha value is -3.51. The van der Waals surface area contributed by atoms with Gasteiger partial charge >= 0.3 is 0 Å². The van der Waals surface area contributed by atoms with Crippen LogP contribution in [-0.2, 0) is 23.1 Å². The molecule has 1 atom stereocenters. The summed E-state index contributed by atoms with van der Waals surface area (Å²) in [6, 6.07) is 21.8. The molecular formula is C30H27Cl2FN2O6S. The molecule has 4 N–H and O–H groups in total. The molecule has 0 aliphatic rings. The predicted octanol–water partition coefficient (Wildman–Crippen LogP) is 4.98. The second-order valence-electron chi connectivity index (χ2n) is 9.46. The van der Waals surface area contributed by atoms with Crippen LogP contribution in [-0.4, -0.2) is 53.2 Å². The fraction of sp³-hybridized carbons (Fsp3) is 0.167. The van der Waals surface area contributed by atoms with Crippen molar-refractivity contribution in [1.29, 1.82) is 0 Å². The molecule has 0 saturated heterocycles. The number of benzene rings is 4. The number of hydrogen-bond acceptors (Lipinski definition) is 6. The molecule has 4 rings (SSSR count). The third-order valence-electron chi connectivity index (χ3n) is 6.35.